The Kier molecular flexibility index (Phi) is 2.16. The second-order valence-corrected chi connectivity index (χ2v) is 4.56. The summed E-state index contributed by atoms with van der Waals surface area (Å²) in [4.78, 5) is 10.9. The standard InChI is InChI=1S/C12H6BrNO3/c13-7-3-1-6-2-4-8-10(12(15)16)14-17-11(8)9(6)5-7/h1-5H,(H,15,16). The predicted molar refractivity (Wildman–Crippen MR) is 66.2 cm³/mol. The van der Waals surface area contributed by atoms with Gasteiger partial charge in [-0.3, -0.25) is 0 Å². The molecule has 5 heteroatoms. The summed E-state index contributed by atoms with van der Waals surface area (Å²) in [6.07, 6.45) is 0. The molecule has 0 aliphatic carbocycles. The third-order valence-electron chi connectivity index (χ3n) is 2.62. The lowest BCUT2D eigenvalue weighted by atomic mass is 10.1. The third-order valence-corrected chi connectivity index (χ3v) is 3.11. The Morgan fingerprint density at radius 3 is 2.76 bits per heavy atom. The largest absolute Gasteiger partial charge is 0.476 e. The fourth-order valence-electron chi connectivity index (χ4n) is 1.84. The highest BCUT2D eigenvalue weighted by atomic mass is 79.9. The zero-order valence-corrected chi connectivity index (χ0v) is 10.1. The maximum absolute atomic E-state index is 10.9. The predicted octanol–water partition coefficient (Wildman–Crippen LogP) is 3.44. The van der Waals surface area contributed by atoms with Crippen LogP contribution in [0.25, 0.3) is 21.7 Å². The van der Waals surface area contributed by atoms with E-state index in [0.717, 1.165) is 15.2 Å². The topological polar surface area (TPSA) is 63.3 Å². The SMILES string of the molecule is O=C(O)c1noc2c1ccc1ccc(Br)cc12. The quantitative estimate of drug-likeness (QED) is 0.746. The van der Waals surface area contributed by atoms with Crippen LogP contribution < -0.4 is 0 Å². The number of carbonyl (C=O) groups is 1. The number of hydrogen-bond acceptors (Lipinski definition) is 3. The van der Waals surface area contributed by atoms with Crippen LogP contribution in [0, 0.1) is 0 Å². The lowest BCUT2D eigenvalue weighted by molar-refractivity contribution is 0.0688. The number of benzene rings is 2. The minimum absolute atomic E-state index is 0.0538. The van der Waals surface area contributed by atoms with E-state index in [4.69, 9.17) is 9.63 Å². The van der Waals surface area contributed by atoms with Crippen molar-refractivity contribution >= 4 is 43.6 Å². The van der Waals surface area contributed by atoms with Crippen molar-refractivity contribution in [1.29, 1.82) is 0 Å². The molecule has 4 nitrogen and oxygen atoms in total. The maximum Gasteiger partial charge on any atom is 0.358 e. The Hall–Kier alpha value is -1.88. The van der Waals surface area contributed by atoms with Crippen LogP contribution >= 0.6 is 15.9 Å². The summed E-state index contributed by atoms with van der Waals surface area (Å²) < 4.78 is 6.04. The minimum Gasteiger partial charge on any atom is -0.476 e. The molecule has 3 rings (SSSR count). The van der Waals surface area contributed by atoms with Crippen LogP contribution in [0.4, 0.5) is 0 Å². The van der Waals surface area contributed by atoms with E-state index in [1.165, 1.54) is 0 Å². The van der Waals surface area contributed by atoms with Crippen molar-refractivity contribution < 1.29 is 14.4 Å². The summed E-state index contributed by atoms with van der Waals surface area (Å²) in [6, 6.07) is 9.30. The van der Waals surface area contributed by atoms with Gasteiger partial charge in [0.2, 0.25) is 0 Å². The summed E-state index contributed by atoms with van der Waals surface area (Å²) in [6.45, 7) is 0. The fourth-order valence-corrected chi connectivity index (χ4v) is 2.20. The third kappa shape index (κ3) is 1.51. The molecule has 0 bridgehead atoms. The summed E-state index contributed by atoms with van der Waals surface area (Å²) in [5.41, 5.74) is 0.447. The van der Waals surface area contributed by atoms with Crippen LogP contribution in [-0.4, -0.2) is 16.2 Å². The molecule has 0 spiro atoms. The molecule has 0 aliphatic rings. The molecular formula is C12H6BrNO3. The van der Waals surface area contributed by atoms with Gasteiger partial charge in [0.25, 0.3) is 0 Å². The number of halogens is 1. The van der Waals surface area contributed by atoms with Crippen LogP contribution in [0.3, 0.4) is 0 Å². The average molecular weight is 292 g/mol. The molecule has 3 aromatic rings. The van der Waals surface area contributed by atoms with Gasteiger partial charge in [0.05, 0.1) is 5.39 Å². The number of aromatic carboxylic acids is 1. The van der Waals surface area contributed by atoms with Gasteiger partial charge in [0.15, 0.2) is 11.3 Å². The number of carboxylic acid groups (broad SMARTS) is 1. The Morgan fingerprint density at radius 1 is 1.24 bits per heavy atom. The van der Waals surface area contributed by atoms with E-state index in [9.17, 15) is 4.79 Å². The van der Waals surface area contributed by atoms with E-state index in [1.807, 2.05) is 24.3 Å². The summed E-state index contributed by atoms with van der Waals surface area (Å²) in [5.74, 6) is -1.09. The molecule has 0 unspecified atom stereocenters. The molecule has 1 N–H and O–H groups in total. The first kappa shape index (κ1) is 10.3. The van der Waals surface area contributed by atoms with Gasteiger partial charge in [0, 0.05) is 9.86 Å². The number of hydrogen-bond donors (Lipinski definition) is 1. The first-order valence-corrected chi connectivity index (χ1v) is 5.67. The Balaban J connectivity index is 2.48. The Labute approximate surface area is 104 Å². The zero-order chi connectivity index (χ0) is 12.0. The van der Waals surface area contributed by atoms with Crippen molar-refractivity contribution in [2.75, 3.05) is 0 Å². The molecule has 0 saturated heterocycles. The Bertz CT molecular complexity index is 748. The van der Waals surface area contributed by atoms with Crippen molar-refractivity contribution in [1.82, 2.24) is 5.16 Å². The van der Waals surface area contributed by atoms with Crippen molar-refractivity contribution in [3.63, 3.8) is 0 Å². The molecule has 0 atom stereocenters. The monoisotopic (exact) mass is 291 g/mol. The fraction of sp³-hybridized carbons (Fsp3) is 0. The normalized spacial score (nSPS) is 11.1. The van der Waals surface area contributed by atoms with E-state index < -0.39 is 5.97 Å². The van der Waals surface area contributed by atoms with Crippen molar-refractivity contribution in [2.45, 2.75) is 0 Å². The molecule has 0 radical (unpaired) electrons. The molecule has 17 heavy (non-hydrogen) atoms. The number of aromatic nitrogens is 1. The lowest BCUT2D eigenvalue weighted by Gasteiger charge is -1.98. The van der Waals surface area contributed by atoms with Gasteiger partial charge in [-0.1, -0.05) is 33.2 Å². The van der Waals surface area contributed by atoms with E-state index in [1.54, 1.807) is 6.07 Å². The molecule has 0 aliphatic heterocycles. The minimum atomic E-state index is -1.09. The zero-order valence-electron chi connectivity index (χ0n) is 8.48. The van der Waals surface area contributed by atoms with Crippen LogP contribution in [0.15, 0.2) is 39.3 Å². The van der Waals surface area contributed by atoms with Gasteiger partial charge in [-0.2, -0.15) is 0 Å². The highest BCUT2D eigenvalue weighted by Crippen LogP contribution is 2.29. The maximum atomic E-state index is 10.9. The number of rotatable bonds is 1. The molecular weight excluding hydrogens is 286 g/mol. The Morgan fingerprint density at radius 2 is 2.00 bits per heavy atom. The average Bonchev–Trinajstić information content (AvgIpc) is 2.72. The molecule has 1 aromatic heterocycles. The number of nitrogens with zero attached hydrogens (tertiary/aromatic N) is 1. The van der Waals surface area contributed by atoms with Crippen molar-refractivity contribution in [2.24, 2.45) is 0 Å². The highest BCUT2D eigenvalue weighted by molar-refractivity contribution is 9.10. The van der Waals surface area contributed by atoms with Crippen LogP contribution in [0.1, 0.15) is 10.5 Å². The summed E-state index contributed by atoms with van der Waals surface area (Å²) >= 11 is 3.38. The van der Waals surface area contributed by atoms with Crippen LogP contribution in [-0.2, 0) is 0 Å². The first-order chi connectivity index (χ1) is 8.16. The van der Waals surface area contributed by atoms with Gasteiger partial charge >= 0.3 is 5.97 Å². The van der Waals surface area contributed by atoms with Gasteiger partial charge in [-0.25, -0.2) is 4.79 Å². The van der Waals surface area contributed by atoms with E-state index in [0.29, 0.717) is 11.0 Å². The highest BCUT2D eigenvalue weighted by Gasteiger charge is 2.16. The first-order valence-electron chi connectivity index (χ1n) is 4.88. The van der Waals surface area contributed by atoms with Gasteiger partial charge in [-0.15, -0.1) is 0 Å². The van der Waals surface area contributed by atoms with Crippen molar-refractivity contribution in [3.8, 4) is 0 Å². The second kappa shape index (κ2) is 3.56. The summed E-state index contributed by atoms with van der Waals surface area (Å²) in [7, 11) is 0. The number of carboxylic acids is 1. The molecule has 2 aromatic carbocycles. The van der Waals surface area contributed by atoms with Crippen LogP contribution in [0.5, 0.6) is 0 Å². The van der Waals surface area contributed by atoms with E-state index in [-0.39, 0.29) is 5.69 Å². The second-order valence-electron chi connectivity index (χ2n) is 3.64. The molecule has 0 saturated carbocycles. The molecule has 0 fully saturated rings. The molecule has 0 amide bonds. The van der Waals surface area contributed by atoms with Crippen molar-refractivity contribution in [3.05, 3.63) is 40.5 Å². The van der Waals surface area contributed by atoms with Gasteiger partial charge in [-0.05, 0) is 23.6 Å². The van der Waals surface area contributed by atoms with E-state index >= 15 is 0 Å². The van der Waals surface area contributed by atoms with Crippen LogP contribution in [0.2, 0.25) is 0 Å². The summed E-state index contributed by atoms with van der Waals surface area (Å²) in [5, 5.41) is 14.9. The lowest BCUT2D eigenvalue weighted by Crippen LogP contribution is -1.96. The molecule has 84 valence electrons. The van der Waals surface area contributed by atoms with Gasteiger partial charge < -0.3 is 9.63 Å². The van der Waals surface area contributed by atoms with Gasteiger partial charge in [0.1, 0.15) is 0 Å². The van der Waals surface area contributed by atoms with E-state index in [2.05, 4.69) is 21.1 Å². The molecule has 1 heterocycles. The number of fused-ring (bicyclic) bond motifs is 3. The smallest absolute Gasteiger partial charge is 0.358 e.